The van der Waals surface area contributed by atoms with Gasteiger partial charge >= 0.3 is 0 Å². The SMILES string of the molecule is C[C@H](c1ccccn1)N(C)Cc1cc2ccccc2n1C. The fraction of sp³-hybridized carbons (Fsp3) is 0.278. The molecule has 0 aliphatic rings. The third kappa shape index (κ3) is 2.69. The molecule has 0 spiro atoms. The van der Waals surface area contributed by atoms with Crippen molar-refractivity contribution in [3.63, 3.8) is 0 Å². The zero-order valence-electron chi connectivity index (χ0n) is 12.8. The highest BCUT2D eigenvalue weighted by Crippen LogP contribution is 2.22. The van der Waals surface area contributed by atoms with E-state index in [2.05, 4.69) is 71.9 Å². The van der Waals surface area contributed by atoms with Crippen LogP contribution in [0.15, 0.2) is 54.7 Å². The van der Waals surface area contributed by atoms with Crippen molar-refractivity contribution in [3.8, 4) is 0 Å². The molecule has 0 amide bonds. The van der Waals surface area contributed by atoms with Gasteiger partial charge in [-0.15, -0.1) is 0 Å². The molecule has 3 rings (SSSR count). The summed E-state index contributed by atoms with van der Waals surface area (Å²) in [6.45, 7) is 3.11. The number of hydrogen-bond donors (Lipinski definition) is 0. The van der Waals surface area contributed by atoms with E-state index >= 15 is 0 Å². The first-order valence-corrected chi connectivity index (χ1v) is 7.31. The van der Waals surface area contributed by atoms with Gasteiger partial charge in [-0.3, -0.25) is 9.88 Å². The average Bonchev–Trinajstić information content (AvgIpc) is 2.84. The highest BCUT2D eigenvalue weighted by molar-refractivity contribution is 5.81. The fourth-order valence-electron chi connectivity index (χ4n) is 2.74. The quantitative estimate of drug-likeness (QED) is 0.725. The van der Waals surface area contributed by atoms with Gasteiger partial charge in [0.05, 0.1) is 5.69 Å². The van der Waals surface area contributed by atoms with E-state index in [9.17, 15) is 0 Å². The van der Waals surface area contributed by atoms with Crippen molar-refractivity contribution in [2.45, 2.75) is 19.5 Å². The minimum Gasteiger partial charge on any atom is -0.346 e. The smallest absolute Gasteiger partial charge is 0.0572 e. The van der Waals surface area contributed by atoms with E-state index < -0.39 is 0 Å². The predicted molar refractivity (Wildman–Crippen MR) is 87.0 cm³/mol. The van der Waals surface area contributed by atoms with E-state index in [1.165, 1.54) is 16.6 Å². The number of rotatable bonds is 4. The van der Waals surface area contributed by atoms with E-state index in [1.807, 2.05) is 18.3 Å². The van der Waals surface area contributed by atoms with Gasteiger partial charge in [-0.25, -0.2) is 0 Å². The fourth-order valence-corrected chi connectivity index (χ4v) is 2.74. The lowest BCUT2D eigenvalue weighted by Crippen LogP contribution is -2.23. The maximum atomic E-state index is 4.46. The Labute approximate surface area is 125 Å². The Bertz CT molecular complexity index is 731. The van der Waals surface area contributed by atoms with Crippen LogP contribution in [0.2, 0.25) is 0 Å². The molecular formula is C18H21N3. The molecule has 1 atom stereocenters. The van der Waals surface area contributed by atoms with Crippen molar-refractivity contribution < 1.29 is 0 Å². The predicted octanol–water partition coefficient (Wildman–Crippen LogP) is 3.77. The van der Waals surface area contributed by atoms with E-state index in [4.69, 9.17) is 0 Å². The van der Waals surface area contributed by atoms with Crippen LogP contribution in [0.5, 0.6) is 0 Å². The second-order valence-corrected chi connectivity index (χ2v) is 5.60. The molecule has 0 N–H and O–H groups in total. The van der Waals surface area contributed by atoms with Crippen molar-refractivity contribution >= 4 is 10.9 Å². The zero-order valence-corrected chi connectivity index (χ0v) is 12.8. The van der Waals surface area contributed by atoms with Gasteiger partial charge in [0.2, 0.25) is 0 Å². The lowest BCUT2D eigenvalue weighted by atomic mass is 10.2. The van der Waals surface area contributed by atoms with E-state index in [-0.39, 0.29) is 0 Å². The van der Waals surface area contributed by atoms with Gasteiger partial charge in [-0.1, -0.05) is 24.3 Å². The lowest BCUT2D eigenvalue weighted by molar-refractivity contribution is 0.244. The minimum absolute atomic E-state index is 0.296. The summed E-state index contributed by atoms with van der Waals surface area (Å²) in [5.41, 5.74) is 3.71. The second kappa shape index (κ2) is 5.70. The van der Waals surface area contributed by atoms with Gasteiger partial charge in [0.15, 0.2) is 0 Å². The number of aryl methyl sites for hydroxylation is 1. The van der Waals surface area contributed by atoms with Crippen LogP contribution in [0.25, 0.3) is 10.9 Å². The molecule has 2 heterocycles. The Kier molecular flexibility index (Phi) is 3.76. The van der Waals surface area contributed by atoms with Gasteiger partial charge in [-0.05, 0) is 43.6 Å². The summed E-state index contributed by atoms with van der Waals surface area (Å²) >= 11 is 0. The van der Waals surface area contributed by atoms with Gasteiger partial charge < -0.3 is 4.57 Å². The van der Waals surface area contributed by atoms with Crippen LogP contribution in [0.4, 0.5) is 0 Å². The molecule has 0 fully saturated rings. The normalized spacial score (nSPS) is 13.0. The number of fused-ring (bicyclic) bond motifs is 1. The number of para-hydroxylation sites is 1. The molecule has 108 valence electrons. The Morgan fingerprint density at radius 2 is 1.90 bits per heavy atom. The molecule has 21 heavy (non-hydrogen) atoms. The number of hydrogen-bond acceptors (Lipinski definition) is 2. The van der Waals surface area contributed by atoms with Gasteiger partial charge in [-0.2, -0.15) is 0 Å². The highest BCUT2D eigenvalue weighted by Gasteiger charge is 2.15. The van der Waals surface area contributed by atoms with Gasteiger partial charge in [0.25, 0.3) is 0 Å². The summed E-state index contributed by atoms with van der Waals surface area (Å²) in [7, 11) is 4.29. The number of benzene rings is 1. The lowest BCUT2D eigenvalue weighted by Gasteiger charge is -2.24. The summed E-state index contributed by atoms with van der Waals surface area (Å²) in [5, 5.41) is 1.30. The Morgan fingerprint density at radius 1 is 1.14 bits per heavy atom. The molecule has 0 saturated heterocycles. The first-order valence-electron chi connectivity index (χ1n) is 7.31. The van der Waals surface area contributed by atoms with Crippen molar-refractivity contribution in [1.82, 2.24) is 14.5 Å². The molecule has 3 aromatic rings. The molecule has 0 radical (unpaired) electrons. The molecule has 0 saturated carbocycles. The summed E-state index contributed by atoms with van der Waals surface area (Å²) in [5.74, 6) is 0. The summed E-state index contributed by atoms with van der Waals surface area (Å²) in [4.78, 5) is 6.79. The van der Waals surface area contributed by atoms with Crippen molar-refractivity contribution in [2.75, 3.05) is 7.05 Å². The number of aromatic nitrogens is 2. The van der Waals surface area contributed by atoms with Crippen molar-refractivity contribution in [1.29, 1.82) is 0 Å². The standard InChI is InChI=1S/C18H21N3/c1-14(17-9-6-7-11-19-17)20(2)13-16-12-15-8-4-5-10-18(15)21(16)3/h4-12,14H,13H2,1-3H3/t14-/m1/s1. The molecule has 0 aliphatic carbocycles. The minimum atomic E-state index is 0.296. The number of nitrogens with zero attached hydrogens (tertiary/aromatic N) is 3. The monoisotopic (exact) mass is 279 g/mol. The first kappa shape index (κ1) is 13.8. The first-order chi connectivity index (χ1) is 10.2. The van der Waals surface area contributed by atoms with Gasteiger partial charge in [0, 0.05) is 37.0 Å². The maximum Gasteiger partial charge on any atom is 0.0572 e. The Hall–Kier alpha value is -2.13. The van der Waals surface area contributed by atoms with Crippen LogP contribution in [0.1, 0.15) is 24.4 Å². The summed E-state index contributed by atoms with van der Waals surface area (Å²) < 4.78 is 2.27. The van der Waals surface area contributed by atoms with Crippen molar-refractivity contribution in [3.05, 3.63) is 66.1 Å². The zero-order chi connectivity index (χ0) is 14.8. The van der Waals surface area contributed by atoms with Crippen molar-refractivity contribution in [2.24, 2.45) is 7.05 Å². The molecular weight excluding hydrogens is 258 g/mol. The highest BCUT2D eigenvalue weighted by atomic mass is 15.2. The third-order valence-corrected chi connectivity index (χ3v) is 4.24. The molecule has 3 nitrogen and oxygen atoms in total. The van der Waals surface area contributed by atoms with E-state index in [0.717, 1.165) is 12.2 Å². The molecule has 3 heteroatoms. The largest absolute Gasteiger partial charge is 0.346 e. The van der Waals surface area contributed by atoms with Crippen LogP contribution >= 0.6 is 0 Å². The molecule has 0 bridgehead atoms. The van der Waals surface area contributed by atoms with E-state index in [0.29, 0.717) is 6.04 Å². The second-order valence-electron chi connectivity index (χ2n) is 5.60. The van der Waals surface area contributed by atoms with Crippen LogP contribution < -0.4 is 0 Å². The van der Waals surface area contributed by atoms with Crippen LogP contribution in [0, 0.1) is 0 Å². The van der Waals surface area contributed by atoms with Crippen LogP contribution in [0.3, 0.4) is 0 Å². The van der Waals surface area contributed by atoms with Crippen LogP contribution in [-0.4, -0.2) is 21.5 Å². The molecule has 0 aliphatic heterocycles. The van der Waals surface area contributed by atoms with Crippen LogP contribution in [-0.2, 0) is 13.6 Å². The van der Waals surface area contributed by atoms with E-state index in [1.54, 1.807) is 0 Å². The maximum absolute atomic E-state index is 4.46. The third-order valence-electron chi connectivity index (χ3n) is 4.24. The topological polar surface area (TPSA) is 21.1 Å². The summed E-state index contributed by atoms with van der Waals surface area (Å²) in [6, 6.07) is 17.2. The summed E-state index contributed by atoms with van der Waals surface area (Å²) in [6.07, 6.45) is 1.86. The molecule has 1 aromatic carbocycles. The van der Waals surface area contributed by atoms with Gasteiger partial charge in [0.1, 0.15) is 0 Å². The molecule has 2 aromatic heterocycles. The number of pyridine rings is 1. The Morgan fingerprint density at radius 3 is 2.62 bits per heavy atom. The Balaban J connectivity index is 1.83. The average molecular weight is 279 g/mol. The molecule has 0 unspecified atom stereocenters.